The average Bonchev–Trinajstić information content (AvgIpc) is 2.81. The van der Waals surface area contributed by atoms with Crippen LogP contribution in [0.15, 0.2) is 60.7 Å². The van der Waals surface area contributed by atoms with Crippen molar-refractivity contribution in [2.45, 2.75) is 39.2 Å². The number of para-hydroxylation sites is 2. The van der Waals surface area contributed by atoms with E-state index in [1.54, 1.807) is 0 Å². The zero-order valence-corrected chi connectivity index (χ0v) is 20.6. The standard InChI is InChI=1S/C27H38N4O3/c1-27(2,3)34-26(32)30-25-11-7-6-10-24(25)29-17-9-5-4-8-16-28-22-12-14-23(15-13-22)31-18-20-33-21-19-31/h5-7,9-15,28-29H,4,8,16-21H2,1-3H3,(H,30,32)/b9-5+. The molecule has 1 fully saturated rings. The zero-order valence-electron chi connectivity index (χ0n) is 20.6. The number of benzene rings is 2. The van der Waals surface area contributed by atoms with Crippen LogP contribution in [-0.2, 0) is 9.47 Å². The molecule has 34 heavy (non-hydrogen) atoms. The minimum absolute atomic E-state index is 0.458. The van der Waals surface area contributed by atoms with E-state index in [-0.39, 0.29) is 0 Å². The van der Waals surface area contributed by atoms with Gasteiger partial charge in [0.1, 0.15) is 5.60 Å². The molecule has 1 amide bonds. The molecule has 184 valence electrons. The highest BCUT2D eigenvalue weighted by Gasteiger charge is 2.17. The predicted molar refractivity (Wildman–Crippen MR) is 141 cm³/mol. The normalized spacial score (nSPS) is 14.1. The molecule has 1 aliphatic rings. The van der Waals surface area contributed by atoms with Crippen molar-refractivity contribution in [2.24, 2.45) is 0 Å². The van der Waals surface area contributed by atoms with Gasteiger partial charge >= 0.3 is 6.09 Å². The van der Waals surface area contributed by atoms with Crippen LogP contribution in [0.5, 0.6) is 0 Å². The summed E-state index contributed by atoms with van der Waals surface area (Å²) in [5.74, 6) is 0. The molecule has 0 unspecified atom stereocenters. The number of ether oxygens (including phenoxy) is 2. The van der Waals surface area contributed by atoms with Crippen LogP contribution in [0.1, 0.15) is 33.6 Å². The molecular formula is C27H38N4O3. The van der Waals surface area contributed by atoms with Gasteiger partial charge in [-0.15, -0.1) is 0 Å². The summed E-state index contributed by atoms with van der Waals surface area (Å²) in [6.45, 7) is 10.7. The summed E-state index contributed by atoms with van der Waals surface area (Å²) in [7, 11) is 0. The minimum atomic E-state index is -0.531. The second-order valence-corrected chi connectivity index (χ2v) is 9.24. The summed E-state index contributed by atoms with van der Waals surface area (Å²) in [5, 5.41) is 9.64. The zero-order chi connectivity index (χ0) is 24.2. The third-order valence-electron chi connectivity index (χ3n) is 5.26. The first kappa shape index (κ1) is 25.4. The topological polar surface area (TPSA) is 74.9 Å². The highest BCUT2D eigenvalue weighted by atomic mass is 16.6. The number of morpholine rings is 1. The Balaban J connectivity index is 1.32. The molecule has 1 saturated heterocycles. The first-order valence-corrected chi connectivity index (χ1v) is 12.1. The Labute approximate surface area is 203 Å². The van der Waals surface area contributed by atoms with E-state index in [0.717, 1.165) is 57.1 Å². The molecule has 7 nitrogen and oxygen atoms in total. The number of rotatable bonds is 10. The fourth-order valence-electron chi connectivity index (χ4n) is 3.59. The second kappa shape index (κ2) is 12.9. The summed E-state index contributed by atoms with van der Waals surface area (Å²) in [6.07, 6.45) is 5.89. The molecule has 3 N–H and O–H groups in total. The predicted octanol–water partition coefficient (Wildman–Crippen LogP) is 5.73. The van der Waals surface area contributed by atoms with Crippen molar-refractivity contribution >= 4 is 28.8 Å². The lowest BCUT2D eigenvalue weighted by molar-refractivity contribution is 0.0636. The van der Waals surface area contributed by atoms with Gasteiger partial charge in [0.05, 0.1) is 24.6 Å². The van der Waals surface area contributed by atoms with Gasteiger partial charge in [0.2, 0.25) is 0 Å². The molecule has 0 aliphatic carbocycles. The number of amides is 1. The summed E-state index contributed by atoms with van der Waals surface area (Å²) >= 11 is 0. The summed E-state index contributed by atoms with van der Waals surface area (Å²) in [6, 6.07) is 16.3. The molecule has 0 atom stereocenters. The Morgan fingerprint density at radius 2 is 1.71 bits per heavy atom. The van der Waals surface area contributed by atoms with Crippen LogP contribution in [0, 0.1) is 0 Å². The van der Waals surface area contributed by atoms with Crippen molar-refractivity contribution in [3.63, 3.8) is 0 Å². The average molecular weight is 467 g/mol. The van der Waals surface area contributed by atoms with Crippen LogP contribution in [0.2, 0.25) is 0 Å². The number of nitrogens with one attached hydrogen (secondary N) is 3. The van der Waals surface area contributed by atoms with E-state index in [9.17, 15) is 4.79 Å². The molecule has 7 heteroatoms. The van der Waals surface area contributed by atoms with Crippen LogP contribution < -0.4 is 20.9 Å². The lowest BCUT2D eigenvalue weighted by atomic mass is 10.2. The van der Waals surface area contributed by atoms with Gasteiger partial charge in [-0.3, -0.25) is 5.32 Å². The SMILES string of the molecule is CC(C)(C)OC(=O)Nc1ccccc1NC/C=C/CCCNc1ccc(N2CCOCC2)cc1. The Hall–Kier alpha value is -3.19. The third kappa shape index (κ3) is 8.98. The number of anilines is 4. The van der Waals surface area contributed by atoms with E-state index in [1.165, 1.54) is 5.69 Å². The maximum absolute atomic E-state index is 12.1. The van der Waals surface area contributed by atoms with E-state index in [1.807, 2.05) is 45.0 Å². The van der Waals surface area contributed by atoms with Crippen molar-refractivity contribution < 1.29 is 14.3 Å². The Kier molecular flexibility index (Phi) is 9.64. The van der Waals surface area contributed by atoms with Gasteiger partial charge in [0, 0.05) is 37.6 Å². The van der Waals surface area contributed by atoms with Crippen LogP contribution in [0.25, 0.3) is 0 Å². The highest BCUT2D eigenvalue weighted by Crippen LogP contribution is 2.22. The Bertz CT molecular complexity index is 916. The van der Waals surface area contributed by atoms with Crippen molar-refractivity contribution in [1.29, 1.82) is 0 Å². The van der Waals surface area contributed by atoms with Crippen LogP contribution in [0.3, 0.4) is 0 Å². The maximum atomic E-state index is 12.1. The van der Waals surface area contributed by atoms with E-state index in [0.29, 0.717) is 12.2 Å². The number of nitrogens with zero attached hydrogens (tertiary/aromatic N) is 1. The fraction of sp³-hybridized carbons (Fsp3) is 0.444. The molecule has 3 rings (SSSR count). The van der Waals surface area contributed by atoms with Gasteiger partial charge in [-0.05, 0) is 70.0 Å². The number of carbonyl (C=O) groups excluding carboxylic acids is 1. The van der Waals surface area contributed by atoms with E-state index in [4.69, 9.17) is 9.47 Å². The summed E-state index contributed by atoms with van der Waals surface area (Å²) in [5.41, 5.74) is 3.44. The van der Waals surface area contributed by atoms with E-state index >= 15 is 0 Å². The maximum Gasteiger partial charge on any atom is 0.412 e. The molecule has 0 bridgehead atoms. The number of carbonyl (C=O) groups is 1. The summed E-state index contributed by atoms with van der Waals surface area (Å²) in [4.78, 5) is 14.4. The molecule has 0 radical (unpaired) electrons. The molecule has 2 aromatic rings. The number of hydrogen-bond donors (Lipinski definition) is 3. The molecule has 0 aromatic heterocycles. The third-order valence-corrected chi connectivity index (χ3v) is 5.26. The van der Waals surface area contributed by atoms with Gasteiger partial charge in [-0.25, -0.2) is 4.79 Å². The molecule has 0 spiro atoms. The van der Waals surface area contributed by atoms with Crippen LogP contribution in [-0.4, -0.2) is 51.1 Å². The monoisotopic (exact) mass is 466 g/mol. The van der Waals surface area contributed by atoms with Gasteiger partial charge in [-0.1, -0.05) is 24.3 Å². The highest BCUT2D eigenvalue weighted by molar-refractivity contribution is 5.89. The van der Waals surface area contributed by atoms with Crippen molar-refractivity contribution in [3.05, 3.63) is 60.7 Å². The number of allylic oxidation sites excluding steroid dienone is 1. The van der Waals surface area contributed by atoms with E-state index < -0.39 is 11.7 Å². The van der Waals surface area contributed by atoms with Crippen LogP contribution >= 0.6 is 0 Å². The molecule has 2 aromatic carbocycles. The molecule has 0 saturated carbocycles. The summed E-state index contributed by atoms with van der Waals surface area (Å²) < 4.78 is 10.8. The van der Waals surface area contributed by atoms with Crippen LogP contribution in [0.4, 0.5) is 27.5 Å². The quantitative estimate of drug-likeness (QED) is 0.307. The van der Waals surface area contributed by atoms with Crippen molar-refractivity contribution in [2.75, 3.05) is 60.2 Å². The van der Waals surface area contributed by atoms with Gasteiger partial charge < -0.3 is 25.0 Å². The first-order valence-electron chi connectivity index (χ1n) is 12.1. The number of unbranched alkanes of at least 4 members (excludes halogenated alkanes) is 1. The smallest absolute Gasteiger partial charge is 0.412 e. The first-order chi connectivity index (χ1) is 16.4. The Morgan fingerprint density at radius 3 is 2.41 bits per heavy atom. The fourth-order valence-corrected chi connectivity index (χ4v) is 3.59. The Morgan fingerprint density at radius 1 is 1.00 bits per heavy atom. The van der Waals surface area contributed by atoms with Gasteiger partial charge in [-0.2, -0.15) is 0 Å². The minimum Gasteiger partial charge on any atom is -0.444 e. The second-order valence-electron chi connectivity index (χ2n) is 9.24. The largest absolute Gasteiger partial charge is 0.444 e. The van der Waals surface area contributed by atoms with E-state index in [2.05, 4.69) is 57.3 Å². The lowest BCUT2D eigenvalue weighted by Gasteiger charge is -2.28. The van der Waals surface area contributed by atoms with Gasteiger partial charge in [0.15, 0.2) is 0 Å². The number of hydrogen-bond acceptors (Lipinski definition) is 6. The van der Waals surface area contributed by atoms with Crippen molar-refractivity contribution in [1.82, 2.24) is 0 Å². The lowest BCUT2D eigenvalue weighted by Crippen LogP contribution is -2.36. The van der Waals surface area contributed by atoms with Crippen molar-refractivity contribution in [3.8, 4) is 0 Å². The molecule has 1 heterocycles. The van der Waals surface area contributed by atoms with Gasteiger partial charge in [0.25, 0.3) is 0 Å². The molecular weight excluding hydrogens is 428 g/mol. The molecule has 1 aliphatic heterocycles.